The Morgan fingerprint density at radius 3 is 2.89 bits per heavy atom. The van der Waals surface area contributed by atoms with E-state index in [0.29, 0.717) is 30.4 Å². The number of nitrogen functional groups attached to an aromatic ring is 1. The maximum absolute atomic E-state index is 5.39. The minimum absolute atomic E-state index is 0.319. The zero-order valence-electron chi connectivity index (χ0n) is 11.6. The van der Waals surface area contributed by atoms with Gasteiger partial charge in [-0.05, 0) is 25.7 Å². The first-order chi connectivity index (χ1) is 9.26. The van der Waals surface area contributed by atoms with Gasteiger partial charge in [-0.25, -0.2) is 5.84 Å². The van der Waals surface area contributed by atoms with E-state index in [4.69, 9.17) is 10.6 Å². The van der Waals surface area contributed by atoms with Crippen LogP contribution >= 0.6 is 0 Å². The molecule has 1 aliphatic rings. The van der Waals surface area contributed by atoms with Crippen molar-refractivity contribution in [2.24, 2.45) is 11.8 Å². The lowest BCUT2D eigenvalue weighted by atomic mass is 9.96. The number of nitrogens with zero attached hydrogens (tertiary/aromatic N) is 4. The molecule has 0 bridgehead atoms. The molecule has 0 saturated carbocycles. The van der Waals surface area contributed by atoms with E-state index in [1.165, 1.54) is 19.3 Å². The number of anilines is 2. The van der Waals surface area contributed by atoms with Gasteiger partial charge in [-0.1, -0.05) is 13.3 Å². The van der Waals surface area contributed by atoms with Gasteiger partial charge in [0.2, 0.25) is 11.9 Å². The van der Waals surface area contributed by atoms with Gasteiger partial charge in [0.15, 0.2) is 0 Å². The molecule has 7 nitrogen and oxygen atoms in total. The Bertz CT molecular complexity index is 413. The lowest BCUT2D eigenvalue weighted by molar-refractivity contribution is 0.311. The van der Waals surface area contributed by atoms with Gasteiger partial charge in [-0.15, -0.1) is 0 Å². The Labute approximate surface area is 113 Å². The Balaban J connectivity index is 2.19. The van der Waals surface area contributed by atoms with Crippen molar-refractivity contribution in [1.29, 1.82) is 0 Å². The second-order valence-electron chi connectivity index (χ2n) is 4.68. The molecule has 2 rings (SSSR count). The van der Waals surface area contributed by atoms with Gasteiger partial charge in [-0.3, -0.25) is 5.43 Å². The minimum Gasteiger partial charge on any atom is -0.464 e. The van der Waals surface area contributed by atoms with Gasteiger partial charge in [0, 0.05) is 13.1 Å². The summed E-state index contributed by atoms with van der Waals surface area (Å²) in [6, 6.07) is 0.319. The largest absolute Gasteiger partial charge is 0.464 e. The Morgan fingerprint density at radius 2 is 2.21 bits per heavy atom. The molecule has 0 amide bonds. The number of rotatable bonds is 5. The standard InChI is InChI=1S/C12H22N6O/c1-3-9-6-5-7-18(8-9)11-14-10(17-13)15-12(16-11)19-4-2/h9H,3-8,13H2,1-2H3,(H,14,15,16,17). The van der Waals surface area contributed by atoms with E-state index in [1.54, 1.807) is 0 Å². The summed E-state index contributed by atoms with van der Waals surface area (Å²) in [7, 11) is 0. The number of ether oxygens (including phenoxy) is 1. The molecule has 3 N–H and O–H groups in total. The van der Waals surface area contributed by atoms with Crippen LogP contribution in [0.3, 0.4) is 0 Å². The Morgan fingerprint density at radius 1 is 1.37 bits per heavy atom. The molecule has 1 saturated heterocycles. The van der Waals surface area contributed by atoms with Crippen LogP contribution in [0.2, 0.25) is 0 Å². The molecule has 2 heterocycles. The number of aromatic nitrogens is 3. The van der Waals surface area contributed by atoms with Gasteiger partial charge >= 0.3 is 6.01 Å². The summed E-state index contributed by atoms with van der Waals surface area (Å²) in [5.74, 6) is 7.08. The monoisotopic (exact) mass is 266 g/mol. The van der Waals surface area contributed by atoms with Crippen LogP contribution in [0, 0.1) is 5.92 Å². The first kappa shape index (κ1) is 13.8. The summed E-state index contributed by atoms with van der Waals surface area (Å²) in [4.78, 5) is 14.9. The lowest BCUT2D eigenvalue weighted by Crippen LogP contribution is -2.36. The van der Waals surface area contributed by atoms with Gasteiger partial charge in [0.25, 0.3) is 0 Å². The number of nitrogens with one attached hydrogen (secondary N) is 1. The van der Waals surface area contributed by atoms with E-state index in [9.17, 15) is 0 Å². The average Bonchev–Trinajstić information content (AvgIpc) is 2.47. The molecule has 1 fully saturated rings. The van der Waals surface area contributed by atoms with Crippen molar-refractivity contribution in [1.82, 2.24) is 15.0 Å². The zero-order valence-corrected chi connectivity index (χ0v) is 11.6. The van der Waals surface area contributed by atoms with Crippen LogP contribution in [0.15, 0.2) is 0 Å². The topological polar surface area (TPSA) is 89.2 Å². The summed E-state index contributed by atoms with van der Waals surface area (Å²) in [5, 5.41) is 0. The highest BCUT2D eigenvalue weighted by Crippen LogP contribution is 2.23. The van der Waals surface area contributed by atoms with Crippen molar-refractivity contribution >= 4 is 11.9 Å². The summed E-state index contributed by atoms with van der Waals surface area (Å²) < 4.78 is 5.35. The van der Waals surface area contributed by atoms with Crippen LogP contribution in [0.1, 0.15) is 33.1 Å². The van der Waals surface area contributed by atoms with Crippen molar-refractivity contribution in [2.75, 3.05) is 30.0 Å². The zero-order chi connectivity index (χ0) is 13.7. The SMILES string of the molecule is CCOc1nc(NN)nc(N2CCCC(CC)C2)n1. The van der Waals surface area contributed by atoms with E-state index < -0.39 is 0 Å². The number of nitrogens with two attached hydrogens (primary N) is 1. The van der Waals surface area contributed by atoms with Crippen molar-refractivity contribution < 1.29 is 4.74 Å². The number of piperidine rings is 1. The highest BCUT2D eigenvalue weighted by molar-refractivity contribution is 5.38. The summed E-state index contributed by atoms with van der Waals surface area (Å²) >= 11 is 0. The molecular weight excluding hydrogens is 244 g/mol. The Hall–Kier alpha value is -1.63. The van der Waals surface area contributed by atoms with Crippen LogP contribution in [0.5, 0.6) is 6.01 Å². The molecule has 1 aromatic heterocycles. The van der Waals surface area contributed by atoms with E-state index in [1.807, 2.05) is 6.92 Å². The second kappa shape index (κ2) is 6.51. The second-order valence-corrected chi connectivity index (χ2v) is 4.68. The lowest BCUT2D eigenvalue weighted by Gasteiger charge is -2.32. The molecule has 106 valence electrons. The fraction of sp³-hybridized carbons (Fsp3) is 0.750. The number of hydrogen-bond acceptors (Lipinski definition) is 7. The van der Waals surface area contributed by atoms with Crippen LogP contribution < -0.4 is 20.9 Å². The van der Waals surface area contributed by atoms with Crippen LogP contribution in [0.4, 0.5) is 11.9 Å². The Kier molecular flexibility index (Phi) is 4.73. The van der Waals surface area contributed by atoms with Crippen LogP contribution in [-0.2, 0) is 0 Å². The molecule has 0 aliphatic carbocycles. The first-order valence-electron chi connectivity index (χ1n) is 6.87. The van der Waals surface area contributed by atoms with Crippen LogP contribution in [0.25, 0.3) is 0 Å². The summed E-state index contributed by atoms with van der Waals surface area (Å²) in [5.41, 5.74) is 2.46. The van der Waals surface area contributed by atoms with Gasteiger partial charge in [0.1, 0.15) is 0 Å². The molecule has 1 aliphatic heterocycles. The maximum Gasteiger partial charge on any atom is 0.323 e. The fourth-order valence-electron chi connectivity index (χ4n) is 2.33. The highest BCUT2D eigenvalue weighted by Gasteiger charge is 2.21. The predicted octanol–water partition coefficient (Wildman–Crippen LogP) is 1.18. The highest BCUT2D eigenvalue weighted by atomic mass is 16.5. The molecule has 0 spiro atoms. The molecule has 0 radical (unpaired) electrons. The third-order valence-electron chi connectivity index (χ3n) is 3.38. The summed E-state index contributed by atoms with van der Waals surface area (Å²) in [6.07, 6.45) is 3.62. The molecule has 1 unspecified atom stereocenters. The predicted molar refractivity (Wildman–Crippen MR) is 74.0 cm³/mol. The van der Waals surface area contributed by atoms with Crippen molar-refractivity contribution in [3.8, 4) is 6.01 Å². The molecule has 1 aromatic rings. The summed E-state index contributed by atoms with van der Waals surface area (Å²) in [6.45, 7) is 6.59. The van der Waals surface area contributed by atoms with E-state index in [2.05, 4.69) is 32.2 Å². The van der Waals surface area contributed by atoms with Gasteiger partial charge in [-0.2, -0.15) is 15.0 Å². The molecule has 1 atom stereocenters. The average molecular weight is 266 g/mol. The quantitative estimate of drug-likeness (QED) is 0.611. The van der Waals surface area contributed by atoms with Crippen molar-refractivity contribution in [2.45, 2.75) is 33.1 Å². The van der Waals surface area contributed by atoms with E-state index >= 15 is 0 Å². The minimum atomic E-state index is 0.319. The number of hydrazine groups is 1. The molecule has 0 aromatic carbocycles. The molecule has 19 heavy (non-hydrogen) atoms. The normalized spacial score (nSPS) is 19.3. The van der Waals surface area contributed by atoms with Crippen molar-refractivity contribution in [3.05, 3.63) is 0 Å². The maximum atomic E-state index is 5.39. The number of hydrogen-bond donors (Lipinski definition) is 2. The smallest absolute Gasteiger partial charge is 0.323 e. The first-order valence-corrected chi connectivity index (χ1v) is 6.87. The van der Waals surface area contributed by atoms with E-state index in [-0.39, 0.29) is 0 Å². The third kappa shape index (κ3) is 3.44. The van der Waals surface area contributed by atoms with E-state index in [0.717, 1.165) is 13.1 Å². The fourth-order valence-corrected chi connectivity index (χ4v) is 2.33. The van der Waals surface area contributed by atoms with Gasteiger partial charge in [0.05, 0.1) is 6.61 Å². The van der Waals surface area contributed by atoms with Crippen LogP contribution in [-0.4, -0.2) is 34.6 Å². The molecule has 7 heteroatoms. The van der Waals surface area contributed by atoms with Crippen molar-refractivity contribution in [3.63, 3.8) is 0 Å². The third-order valence-corrected chi connectivity index (χ3v) is 3.38. The van der Waals surface area contributed by atoms with Gasteiger partial charge < -0.3 is 9.64 Å². The molecular formula is C12H22N6O.